The van der Waals surface area contributed by atoms with Gasteiger partial charge >= 0.3 is 11.7 Å². The largest absolute Gasteiger partial charge is 0.483 e. The van der Waals surface area contributed by atoms with Crippen LogP contribution in [0.1, 0.15) is 6.92 Å². The molecular weight excluding hydrogens is 249 g/mol. The van der Waals surface area contributed by atoms with Crippen molar-refractivity contribution in [1.29, 1.82) is 0 Å². The summed E-state index contributed by atoms with van der Waals surface area (Å²) >= 11 is 0. The van der Waals surface area contributed by atoms with Crippen molar-refractivity contribution >= 4 is 11.7 Å². The molecule has 8 heteroatoms. The van der Waals surface area contributed by atoms with Gasteiger partial charge in [0, 0.05) is 12.1 Å². The zero-order valence-electron chi connectivity index (χ0n) is 9.29. The molecule has 1 rings (SSSR count). The van der Waals surface area contributed by atoms with Crippen LogP contribution in [0.15, 0.2) is 18.2 Å². The first-order chi connectivity index (χ1) is 8.24. The molecule has 7 nitrogen and oxygen atoms in total. The van der Waals surface area contributed by atoms with Crippen LogP contribution in [-0.4, -0.2) is 33.3 Å². The zero-order valence-corrected chi connectivity index (χ0v) is 9.29. The van der Waals surface area contributed by atoms with Gasteiger partial charge in [-0.25, -0.2) is 9.18 Å². The summed E-state index contributed by atoms with van der Waals surface area (Å²) in [5.41, 5.74) is -2.74. The quantitative estimate of drug-likeness (QED) is 0.601. The zero-order chi connectivity index (χ0) is 13.9. The second-order valence-corrected chi connectivity index (χ2v) is 3.74. The Kier molecular flexibility index (Phi) is 3.82. The minimum atomic E-state index is -2.22. The van der Waals surface area contributed by atoms with Crippen molar-refractivity contribution in [2.75, 3.05) is 6.61 Å². The number of carbonyl (C=O) groups is 1. The van der Waals surface area contributed by atoms with Crippen molar-refractivity contribution in [1.82, 2.24) is 0 Å². The number of nitro benzene ring substituents is 1. The monoisotopic (exact) mass is 259 g/mol. The van der Waals surface area contributed by atoms with Crippen LogP contribution in [0, 0.1) is 15.9 Å². The highest BCUT2D eigenvalue weighted by molar-refractivity contribution is 5.76. The minimum Gasteiger partial charge on any atom is -0.483 e. The first-order valence-electron chi connectivity index (χ1n) is 4.76. The third-order valence-corrected chi connectivity index (χ3v) is 2.09. The molecular formula is C10H10FNO6. The molecule has 0 spiro atoms. The second-order valence-electron chi connectivity index (χ2n) is 3.74. The summed E-state index contributed by atoms with van der Waals surface area (Å²) in [4.78, 5) is 20.4. The average Bonchev–Trinajstić information content (AvgIpc) is 2.26. The molecule has 1 atom stereocenters. The van der Waals surface area contributed by atoms with Crippen LogP contribution in [0.25, 0.3) is 0 Å². The maximum Gasteiger partial charge on any atom is 0.339 e. The highest BCUT2D eigenvalue weighted by atomic mass is 19.1. The molecule has 18 heavy (non-hydrogen) atoms. The van der Waals surface area contributed by atoms with Crippen LogP contribution >= 0.6 is 0 Å². The van der Waals surface area contributed by atoms with Gasteiger partial charge in [-0.1, -0.05) is 0 Å². The molecule has 1 aromatic rings. The normalized spacial score (nSPS) is 13.7. The Bertz CT molecular complexity index is 487. The maximum absolute atomic E-state index is 12.9. The van der Waals surface area contributed by atoms with Gasteiger partial charge in [-0.15, -0.1) is 0 Å². The van der Waals surface area contributed by atoms with Gasteiger partial charge in [-0.3, -0.25) is 10.1 Å². The lowest BCUT2D eigenvalue weighted by molar-refractivity contribution is -0.386. The number of carboxylic acids is 1. The maximum atomic E-state index is 12.9. The van der Waals surface area contributed by atoms with Gasteiger partial charge < -0.3 is 14.9 Å². The number of rotatable bonds is 5. The minimum absolute atomic E-state index is 0.443. The average molecular weight is 259 g/mol. The summed E-state index contributed by atoms with van der Waals surface area (Å²) in [6.45, 7) is 0.215. The second kappa shape index (κ2) is 4.96. The van der Waals surface area contributed by atoms with Gasteiger partial charge in [0.15, 0.2) is 11.4 Å². The van der Waals surface area contributed by atoms with Crippen molar-refractivity contribution in [3.63, 3.8) is 0 Å². The summed E-state index contributed by atoms with van der Waals surface area (Å²) in [5, 5.41) is 28.6. The van der Waals surface area contributed by atoms with Crippen molar-refractivity contribution in [3.8, 4) is 5.75 Å². The SMILES string of the molecule is CC(O)(COc1cc(F)ccc1[N+](=O)[O-])C(=O)O. The molecule has 1 unspecified atom stereocenters. The van der Waals surface area contributed by atoms with Crippen molar-refractivity contribution in [3.05, 3.63) is 34.1 Å². The van der Waals surface area contributed by atoms with E-state index in [1.165, 1.54) is 0 Å². The highest BCUT2D eigenvalue weighted by Crippen LogP contribution is 2.28. The summed E-state index contributed by atoms with van der Waals surface area (Å²) in [5.74, 6) is -2.77. The fraction of sp³-hybridized carbons (Fsp3) is 0.300. The molecule has 0 amide bonds. The van der Waals surface area contributed by atoms with Crippen molar-refractivity contribution < 1.29 is 29.1 Å². The molecule has 1 aromatic carbocycles. The van der Waals surface area contributed by atoms with Gasteiger partial charge in [-0.05, 0) is 13.0 Å². The lowest BCUT2D eigenvalue weighted by Gasteiger charge is -2.18. The number of carboxylic acid groups (broad SMARTS) is 1. The number of hydrogen-bond acceptors (Lipinski definition) is 5. The van der Waals surface area contributed by atoms with E-state index in [1.807, 2.05) is 0 Å². The molecule has 0 radical (unpaired) electrons. The molecule has 0 heterocycles. The molecule has 0 aliphatic heterocycles. The molecule has 0 saturated carbocycles. The van der Waals surface area contributed by atoms with Gasteiger partial charge in [-0.2, -0.15) is 0 Å². The van der Waals surface area contributed by atoms with E-state index >= 15 is 0 Å². The Morgan fingerprint density at radius 2 is 2.22 bits per heavy atom. The van der Waals surface area contributed by atoms with Crippen LogP contribution in [0.4, 0.5) is 10.1 Å². The van der Waals surface area contributed by atoms with Crippen LogP contribution in [0.2, 0.25) is 0 Å². The smallest absolute Gasteiger partial charge is 0.339 e. The molecule has 0 fully saturated rings. The van der Waals surface area contributed by atoms with E-state index in [1.54, 1.807) is 0 Å². The van der Waals surface area contributed by atoms with Gasteiger partial charge in [0.05, 0.1) is 4.92 Å². The summed E-state index contributed by atoms with van der Waals surface area (Å²) in [6, 6.07) is 2.51. The van der Waals surface area contributed by atoms with Gasteiger partial charge in [0.1, 0.15) is 12.4 Å². The molecule has 0 bridgehead atoms. The Balaban J connectivity index is 2.94. The van der Waals surface area contributed by atoms with E-state index < -0.39 is 40.4 Å². The summed E-state index contributed by atoms with van der Waals surface area (Å²) < 4.78 is 17.7. The number of nitro groups is 1. The first-order valence-corrected chi connectivity index (χ1v) is 4.76. The topological polar surface area (TPSA) is 110 Å². The number of halogens is 1. The van der Waals surface area contributed by atoms with E-state index in [9.17, 15) is 24.4 Å². The van der Waals surface area contributed by atoms with E-state index in [0.29, 0.717) is 0 Å². The molecule has 0 aliphatic carbocycles. The summed E-state index contributed by atoms with van der Waals surface area (Å²) in [6.07, 6.45) is 0. The number of ether oxygens (including phenoxy) is 1. The molecule has 0 saturated heterocycles. The molecule has 2 N–H and O–H groups in total. The molecule has 98 valence electrons. The van der Waals surface area contributed by atoms with E-state index in [4.69, 9.17) is 9.84 Å². The predicted molar refractivity (Wildman–Crippen MR) is 56.8 cm³/mol. The number of hydrogen-bond donors (Lipinski definition) is 2. The molecule has 0 aliphatic rings. The van der Waals surface area contributed by atoms with Crippen LogP contribution in [0.5, 0.6) is 5.75 Å². The fourth-order valence-electron chi connectivity index (χ4n) is 1.03. The van der Waals surface area contributed by atoms with Crippen molar-refractivity contribution in [2.45, 2.75) is 12.5 Å². The van der Waals surface area contributed by atoms with Crippen LogP contribution in [-0.2, 0) is 4.79 Å². The Labute approximate surface area is 101 Å². The van der Waals surface area contributed by atoms with Crippen molar-refractivity contribution in [2.24, 2.45) is 0 Å². The number of aliphatic carboxylic acids is 1. The third kappa shape index (κ3) is 3.14. The lowest BCUT2D eigenvalue weighted by atomic mass is 10.1. The first kappa shape index (κ1) is 13.8. The van der Waals surface area contributed by atoms with E-state index in [2.05, 4.69) is 0 Å². The third-order valence-electron chi connectivity index (χ3n) is 2.09. The Morgan fingerprint density at radius 3 is 2.72 bits per heavy atom. The summed E-state index contributed by atoms with van der Waals surface area (Å²) in [7, 11) is 0. The predicted octanol–water partition coefficient (Wildman–Crippen LogP) is 0.948. The van der Waals surface area contributed by atoms with Crippen LogP contribution < -0.4 is 4.74 Å². The van der Waals surface area contributed by atoms with E-state index in [0.717, 1.165) is 25.1 Å². The van der Waals surface area contributed by atoms with Gasteiger partial charge in [0.25, 0.3) is 0 Å². The Hall–Kier alpha value is -2.22. The lowest BCUT2D eigenvalue weighted by Crippen LogP contribution is -2.41. The van der Waals surface area contributed by atoms with E-state index in [-0.39, 0.29) is 0 Å². The highest BCUT2D eigenvalue weighted by Gasteiger charge is 2.32. The van der Waals surface area contributed by atoms with Gasteiger partial charge in [0.2, 0.25) is 0 Å². The number of aliphatic hydroxyl groups is 1. The van der Waals surface area contributed by atoms with Crippen LogP contribution in [0.3, 0.4) is 0 Å². The molecule has 0 aromatic heterocycles. The fourth-order valence-corrected chi connectivity index (χ4v) is 1.03. The number of nitrogens with zero attached hydrogens (tertiary/aromatic N) is 1. The Morgan fingerprint density at radius 1 is 1.61 bits per heavy atom. The number of benzene rings is 1. The standard InChI is InChI=1S/C10H10FNO6/c1-10(15,9(13)14)5-18-8-4-6(11)2-3-7(8)12(16)17/h2-4,15H,5H2,1H3,(H,13,14).